The standard InChI is InChI=1S/C18H23N3O5/c1-13-10-20(18(24)19-17(13)23)16-9-15(21(26-16)7-8-22)12-25-11-14-5-3-2-4-6-14/h2-6,10,15-16,22H,7-9,11-12H2,1H3,(H,19,23,24)/t15-,16-/m1/s1. The molecule has 1 aliphatic heterocycles. The topological polar surface area (TPSA) is 96.8 Å². The van der Waals surface area contributed by atoms with Crippen LogP contribution >= 0.6 is 0 Å². The third-order valence-electron chi connectivity index (χ3n) is 4.34. The molecule has 0 spiro atoms. The van der Waals surface area contributed by atoms with Crippen LogP contribution in [0.5, 0.6) is 0 Å². The Hall–Kier alpha value is -2.26. The number of aliphatic hydroxyl groups is 1. The van der Waals surface area contributed by atoms with Gasteiger partial charge in [0, 0.05) is 24.7 Å². The summed E-state index contributed by atoms with van der Waals surface area (Å²) in [5.74, 6) is 0. The second kappa shape index (κ2) is 8.41. The van der Waals surface area contributed by atoms with Crippen LogP contribution in [-0.4, -0.2) is 45.5 Å². The SMILES string of the molecule is Cc1cn([C@H]2C[C@H](COCc3ccccc3)N(CCO)O2)c(=O)[nH]c1=O. The van der Waals surface area contributed by atoms with Crippen molar-refractivity contribution in [3.05, 3.63) is 68.5 Å². The fourth-order valence-electron chi connectivity index (χ4n) is 2.97. The predicted molar refractivity (Wildman–Crippen MR) is 94.5 cm³/mol. The zero-order valence-corrected chi connectivity index (χ0v) is 14.6. The van der Waals surface area contributed by atoms with Crippen molar-refractivity contribution in [2.75, 3.05) is 19.8 Å². The van der Waals surface area contributed by atoms with Gasteiger partial charge in [0.05, 0.1) is 25.9 Å². The van der Waals surface area contributed by atoms with E-state index in [4.69, 9.17) is 9.57 Å². The first-order valence-electron chi connectivity index (χ1n) is 8.56. The number of hydrogen-bond donors (Lipinski definition) is 2. The number of hydrogen-bond acceptors (Lipinski definition) is 6. The molecule has 2 atom stereocenters. The van der Waals surface area contributed by atoms with Crippen molar-refractivity contribution < 1.29 is 14.7 Å². The van der Waals surface area contributed by atoms with Gasteiger partial charge in [0.2, 0.25) is 0 Å². The zero-order valence-electron chi connectivity index (χ0n) is 14.6. The van der Waals surface area contributed by atoms with Crippen LogP contribution < -0.4 is 11.2 Å². The summed E-state index contributed by atoms with van der Waals surface area (Å²) in [5, 5.41) is 10.9. The molecule has 1 aliphatic rings. The van der Waals surface area contributed by atoms with Crippen LogP contribution in [0, 0.1) is 6.92 Å². The van der Waals surface area contributed by atoms with Gasteiger partial charge >= 0.3 is 5.69 Å². The van der Waals surface area contributed by atoms with Gasteiger partial charge in [-0.3, -0.25) is 19.2 Å². The second-order valence-corrected chi connectivity index (χ2v) is 6.29. The molecule has 2 heterocycles. The normalized spacial score (nSPS) is 20.5. The van der Waals surface area contributed by atoms with Gasteiger partial charge in [-0.05, 0) is 12.5 Å². The largest absolute Gasteiger partial charge is 0.395 e. The minimum absolute atomic E-state index is 0.0680. The van der Waals surface area contributed by atoms with E-state index in [2.05, 4.69) is 4.98 Å². The highest BCUT2D eigenvalue weighted by atomic mass is 16.7. The van der Waals surface area contributed by atoms with Gasteiger partial charge < -0.3 is 9.84 Å². The van der Waals surface area contributed by atoms with Crippen molar-refractivity contribution in [2.24, 2.45) is 0 Å². The average Bonchev–Trinajstić information content (AvgIpc) is 3.02. The molecule has 1 fully saturated rings. The van der Waals surface area contributed by atoms with E-state index in [-0.39, 0.29) is 12.6 Å². The quantitative estimate of drug-likeness (QED) is 0.748. The summed E-state index contributed by atoms with van der Waals surface area (Å²) in [7, 11) is 0. The van der Waals surface area contributed by atoms with Gasteiger partial charge in [0.15, 0.2) is 6.23 Å². The van der Waals surface area contributed by atoms with Gasteiger partial charge in [-0.2, -0.15) is 5.06 Å². The van der Waals surface area contributed by atoms with Gasteiger partial charge in [0.25, 0.3) is 5.56 Å². The molecule has 0 unspecified atom stereocenters. The first-order valence-corrected chi connectivity index (χ1v) is 8.56. The molecule has 0 amide bonds. The molecular formula is C18H23N3O5. The maximum Gasteiger partial charge on any atom is 0.330 e. The lowest BCUT2D eigenvalue weighted by Gasteiger charge is -2.21. The Balaban J connectivity index is 1.67. The number of aliphatic hydroxyl groups excluding tert-OH is 1. The van der Waals surface area contributed by atoms with Crippen molar-refractivity contribution in [3.8, 4) is 0 Å². The first kappa shape index (κ1) is 18.5. The Morgan fingerprint density at radius 1 is 1.31 bits per heavy atom. The van der Waals surface area contributed by atoms with E-state index < -0.39 is 17.5 Å². The van der Waals surface area contributed by atoms with Crippen LogP contribution in [0.3, 0.4) is 0 Å². The molecule has 3 rings (SSSR count). The fourth-order valence-corrected chi connectivity index (χ4v) is 2.97. The zero-order chi connectivity index (χ0) is 18.5. The van der Waals surface area contributed by atoms with E-state index in [1.54, 1.807) is 12.0 Å². The highest BCUT2D eigenvalue weighted by molar-refractivity contribution is 5.13. The summed E-state index contributed by atoms with van der Waals surface area (Å²) in [6.07, 6.45) is 1.46. The maximum atomic E-state index is 12.1. The molecule has 1 aromatic carbocycles. The van der Waals surface area contributed by atoms with Crippen LogP contribution in [0.15, 0.2) is 46.1 Å². The minimum atomic E-state index is -0.546. The summed E-state index contributed by atoms with van der Waals surface area (Å²) < 4.78 is 7.16. The number of rotatable bonds is 7. The molecule has 0 aliphatic carbocycles. The molecule has 2 N–H and O–H groups in total. The van der Waals surface area contributed by atoms with Gasteiger partial charge in [-0.15, -0.1) is 0 Å². The Bertz CT molecular complexity index is 833. The highest BCUT2D eigenvalue weighted by Gasteiger charge is 2.35. The van der Waals surface area contributed by atoms with Crippen LogP contribution in [0.25, 0.3) is 0 Å². The molecule has 2 aromatic rings. The number of ether oxygens (including phenoxy) is 1. The lowest BCUT2D eigenvalue weighted by Crippen LogP contribution is -2.35. The average molecular weight is 361 g/mol. The van der Waals surface area contributed by atoms with E-state index in [9.17, 15) is 14.7 Å². The second-order valence-electron chi connectivity index (χ2n) is 6.29. The lowest BCUT2D eigenvalue weighted by molar-refractivity contribution is -0.193. The smallest absolute Gasteiger partial charge is 0.330 e. The van der Waals surface area contributed by atoms with E-state index in [0.717, 1.165) is 5.56 Å². The lowest BCUT2D eigenvalue weighted by atomic mass is 10.2. The summed E-state index contributed by atoms with van der Waals surface area (Å²) in [6.45, 7) is 2.76. The molecule has 8 heteroatoms. The van der Waals surface area contributed by atoms with Crippen molar-refractivity contribution >= 4 is 0 Å². The molecule has 0 radical (unpaired) electrons. The monoisotopic (exact) mass is 361 g/mol. The third kappa shape index (κ3) is 4.28. The van der Waals surface area contributed by atoms with Crippen LogP contribution in [0.2, 0.25) is 0 Å². The Morgan fingerprint density at radius 2 is 2.08 bits per heavy atom. The van der Waals surface area contributed by atoms with E-state index in [0.29, 0.717) is 31.7 Å². The highest BCUT2D eigenvalue weighted by Crippen LogP contribution is 2.28. The van der Waals surface area contributed by atoms with E-state index >= 15 is 0 Å². The summed E-state index contributed by atoms with van der Waals surface area (Å²) in [6, 6.07) is 9.73. The predicted octanol–water partition coefficient (Wildman–Crippen LogP) is 0.559. The molecule has 26 heavy (non-hydrogen) atoms. The summed E-state index contributed by atoms with van der Waals surface area (Å²) >= 11 is 0. The molecule has 140 valence electrons. The van der Waals surface area contributed by atoms with Crippen molar-refractivity contribution in [3.63, 3.8) is 0 Å². The van der Waals surface area contributed by atoms with Gasteiger partial charge in [-0.25, -0.2) is 4.79 Å². The van der Waals surface area contributed by atoms with E-state index in [1.165, 1.54) is 10.8 Å². The number of aryl methyl sites for hydroxylation is 1. The number of benzene rings is 1. The van der Waals surface area contributed by atoms with Crippen LogP contribution in [0.4, 0.5) is 0 Å². The Kier molecular flexibility index (Phi) is 6.00. The molecule has 0 bridgehead atoms. The van der Waals surface area contributed by atoms with Gasteiger partial charge in [-0.1, -0.05) is 30.3 Å². The molecule has 1 aromatic heterocycles. The number of hydroxylamine groups is 2. The number of β-amino-alcohol motifs (C(OH)–C–C–N with tert-alkyl or cyclic N) is 1. The summed E-state index contributed by atoms with van der Waals surface area (Å²) in [4.78, 5) is 31.7. The van der Waals surface area contributed by atoms with Crippen molar-refractivity contribution in [2.45, 2.75) is 32.2 Å². The van der Waals surface area contributed by atoms with Crippen LogP contribution in [0.1, 0.15) is 23.8 Å². The van der Waals surface area contributed by atoms with Crippen molar-refractivity contribution in [1.29, 1.82) is 0 Å². The number of H-pyrrole nitrogens is 1. The summed E-state index contributed by atoms with van der Waals surface area (Å²) in [5.41, 5.74) is 0.592. The van der Waals surface area contributed by atoms with Crippen LogP contribution in [-0.2, 0) is 16.2 Å². The Morgan fingerprint density at radius 3 is 2.81 bits per heavy atom. The fraction of sp³-hybridized carbons (Fsp3) is 0.444. The molecule has 0 saturated carbocycles. The molecular weight excluding hydrogens is 338 g/mol. The van der Waals surface area contributed by atoms with Gasteiger partial charge in [0.1, 0.15) is 0 Å². The minimum Gasteiger partial charge on any atom is -0.395 e. The van der Waals surface area contributed by atoms with E-state index in [1.807, 2.05) is 30.3 Å². The number of aromatic nitrogens is 2. The maximum absolute atomic E-state index is 12.1. The molecule has 8 nitrogen and oxygen atoms in total. The third-order valence-corrected chi connectivity index (χ3v) is 4.34. The number of nitrogens with zero attached hydrogens (tertiary/aromatic N) is 2. The number of nitrogens with one attached hydrogen (secondary N) is 1. The molecule has 1 saturated heterocycles. The number of aromatic amines is 1. The first-order chi connectivity index (χ1) is 12.6. The van der Waals surface area contributed by atoms with Crippen molar-refractivity contribution in [1.82, 2.24) is 14.6 Å². The Labute approximate surface area is 150 Å².